The molecule has 3 aromatic carbocycles. The number of nitriles is 2. The van der Waals surface area contributed by atoms with Crippen LogP contribution in [0.1, 0.15) is 28.1 Å². The van der Waals surface area contributed by atoms with E-state index >= 15 is 0 Å². The molecule has 0 radical (unpaired) electrons. The fourth-order valence-electron chi connectivity index (χ4n) is 4.37. The fourth-order valence-corrected chi connectivity index (χ4v) is 4.37. The van der Waals surface area contributed by atoms with Crippen molar-refractivity contribution in [2.24, 2.45) is 12.8 Å². The number of fused-ring (bicyclic) bond motifs is 1. The molecule has 36 heavy (non-hydrogen) atoms. The maximum atomic E-state index is 11.7. The molecule has 2 aromatic heterocycles. The van der Waals surface area contributed by atoms with Crippen LogP contribution >= 0.6 is 0 Å². The minimum Gasteiger partial charge on any atom is -0.458 e. The Balaban J connectivity index is 1.81. The van der Waals surface area contributed by atoms with Crippen LogP contribution in [0.15, 0.2) is 83.7 Å². The number of imidazole rings is 1. The summed E-state index contributed by atoms with van der Waals surface area (Å²) in [6, 6.07) is 22.3. The van der Waals surface area contributed by atoms with Crippen LogP contribution in [0.2, 0.25) is 0 Å². The van der Waals surface area contributed by atoms with Gasteiger partial charge in [-0.1, -0.05) is 24.3 Å². The molecule has 5 aromatic rings. The van der Waals surface area contributed by atoms with E-state index in [1.807, 2.05) is 0 Å². The molecule has 1 unspecified atom stereocenters. The first-order chi connectivity index (χ1) is 17.3. The molecule has 0 saturated carbocycles. The van der Waals surface area contributed by atoms with E-state index in [2.05, 4.69) is 17.1 Å². The first kappa shape index (κ1) is 22.5. The van der Waals surface area contributed by atoms with E-state index in [0.717, 1.165) is 0 Å². The van der Waals surface area contributed by atoms with E-state index in [-0.39, 0.29) is 5.69 Å². The molecular weight excluding hydrogens is 456 g/mol. The van der Waals surface area contributed by atoms with Crippen LogP contribution in [0.3, 0.4) is 0 Å². The fraction of sp³-hybridized carbons (Fsp3) is 0.0741. The highest BCUT2D eigenvalue weighted by Gasteiger charge is 2.38. The normalized spacial score (nSPS) is 12.6. The molecule has 0 aliphatic heterocycles. The van der Waals surface area contributed by atoms with Crippen LogP contribution in [-0.4, -0.2) is 14.5 Å². The summed E-state index contributed by atoms with van der Waals surface area (Å²) in [6.07, 6.45) is 3.25. The smallest absolute Gasteiger partial charge is 0.270 e. The van der Waals surface area contributed by atoms with Gasteiger partial charge in [-0.3, -0.25) is 10.1 Å². The highest BCUT2D eigenvalue weighted by molar-refractivity contribution is 5.95. The highest BCUT2D eigenvalue weighted by atomic mass is 16.6. The number of rotatable bonds is 5. The third-order valence-electron chi connectivity index (χ3n) is 6.19. The number of nitro groups is 1. The van der Waals surface area contributed by atoms with Crippen LogP contribution in [0.5, 0.6) is 0 Å². The second kappa shape index (κ2) is 8.51. The minimum absolute atomic E-state index is 0.117. The Bertz CT molecular complexity index is 1720. The number of non-ortho nitro benzene ring substituents is 1. The van der Waals surface area contributed by atoms with Crippen molar-refractivity contribution < 1.29 is 9.34 Å². The van der Waals surface area contributed by atoms with Gasteiger partial charge in [0.05, 0.1) is 46.4 Å². The van der Waals surface area contributed by atoms with Crippen LogP contribution in [-0.2, 0) is 12.6 Å². The number of furan rings is 1. The monoisotopic (exact) mass is 474 g/mol. The Morgan fingerprint density at radius 2 is 1.81 bits per heavy atom. The summed E-state index contributed by atoms with van der Waals surface area (Å²) < 4.78 is 8.15. The summed E-state index contributed by atoms with van der Waals surface area (Å²) in [4.78, 5) is 15.5. The SMILES string of the molecule is Cn1cncc1C(N)(c1ccc(C#N)cc1)c1cc2cc([N+](=O)[O-])cc(-c3cccc(C#N)c3)c2o1. The number of nitrogens with zero attached hydrogens (tertiary/aromatic N) is 5. The number of nitro benzene ring substituents is 1. The molecule has 9 nitrogen and oxygen atoms in total. The van der Waals surface area contributed by atoms with E-state index in [1.165, 1.54) is 12.1 Å². The molecule has 0 bridgehead atoms. The van der Waals surface area contributed by atoms with Gasteiger partial charge in [0.2, 0.25) is 0 Å². The zero-order valence-electron chi connectivity index (χ0n) is 19.0. The summed E-state index contributed by atoms with van der Waals surface area (Å²) in [6.45, 7) is 0. The van der Waals surface area contributed by atoms with Gasteiger partial charge >= 0.3 is 0 Å². The van der Waals surface area contributed by atoms with E-state index in [9.17, 15) is 20.6 Å². The van der Waals surface area contributed by atoms with Crippen molar-refractivity contribution in [3.63, 3.8) is 0 Å². The average molecular weight is 474 g/mol. The van der Waals surface area contributed by atoms with Crippen molar-refractivity contribution in [3.05, 3.63) is 118 Å². The topological polar surface area (TPSA) is 148 Å². The molecular formula is C27H18N6O3. The van der Waals surface area contributed by atoms with Crippen LogP contribution in [0, 0.1) is 32.8 Å². The lowest BCUT2D eigenvalue weighted by Crippen LogP contribution is -2.40. The third-order valence-corrected chi connectivity index (χ3v) is 6.19. The van der Waals surface area contributed by atoms with Gasteiger partial charge < -0.3 is 14.7 Å². The van der Waals surface area contributed by atoms with Gasteiger partial charge in [0.15, 0.2) is 0 Å². The molecule has 2 N–H and O–H groups in total. The molecule has 0 saturated heterocycles. The maximum Gasteiger partial charge on any atom is 0.270 e. The van der Waals surface area contributed by atoms with E-state index in [0.29, 0.717) is 50.2 Å². The number of benzene rings is 3. The average Bonchev–Trinajstić information content (AvgIpc) is 3.54. The summed E-state index contributed by atoms with van der Waals surface area (Å²) in [5, 5.41) is 30.8. The van der Waals surface area contributed by atoms with Gasteiger partial charge in [0.25, 0.3) is 5.69 Å². The summed E-state index contributed by atoms with van der Waals surface area (Å²) in [5.41, 5.74) is 9.27. The first-order valence-corrected chi connectivity index (χ1v) is 10.8. The molecule has 5 rings (SSSR count). The lowest BCUT2D eigenvalue weighted by atomic mass is 9.84. The van der Waals surface area contributed by atoms with Gasteiger partial charge in [0.1, 0.15) is 16.9 Å². The van der Waals surface area contributed by atoms with Crippen molar-refractivity contribution in [2.45, 2.75) is 5.54 Å². The second-order valence-corrected chi connectivity index (χ2v) is 8.36. The number of nitrogens with two attached hydrogens (primary N) is 1. The Morgan fingerprint density at radius 1 is 1.06 bits per heavy atom. The van der Waals surface area contributed by atoms with Gasteiger partial charge in [-0.05, 0) is 41.5 Å². The summed E-state index contributed by atoms with van der Waals surface area (Å²) >= 11 is 0. The molecule has 0 fully saturated rings. The third kappa shape index (κ3) is 3.57. The number of hydrogen-bond acceptors (Lipinski definition) is 7. The van der Waals surface area contributed by atoms with Gasteiger partial charge in [0, 0.05) is 30.1 Å². The zero-order valence-corrected chi connectivity index (χ0v) is 19.0. The summed E-state index contributed by atoms with van der Waals surface area (Å²) in [5.74, 6) is 0.337. The zero-order chi connectivity index (χ0) is 25.4. The van der Waals surface area contributed by atoms with Crippen LogP contribution in [0.4, 0.5) is 5.69 Å². The lowest BCUT2D eigenvalue weighted by molar-refractivity contribution is -0.384. The van der Waals surface area contributed by atoms with Crippen LogP contribution in [0.25, 0.3) is 22.1 Å². The number of aromatic nitrogens is 2. The molecule has 0 aliphatic carbocycles. The first-order valence-electron chi connectivity index (χ1n) is 10.8. The Morgan fingerprint density at radius 3 is 2.44 bits per heavy atom. The molecule has 2 heterocycles. The number of aryl methyl sites for hydroxylation is 1. The minimum atomic E-state index is -1.32. The van der Waals surface area contributed by atoms with E-state index in [1.54, 1.807) is 78.7 Å². The second-order valence-electron chi connectivity index (χ2n) is 8.36. The maximum absolute atomic E-state index is 11.7. The molecule has 174 valence electrons. The van der Waals surface area contributed by atoms with Gasteiger partial charge in [-0.15, -0.1) is 0 Å². The number of hydrogen-bond donors (Lipinski definition) is 1. The largest absolute Gasteiger partial charge is 0.458 e. The molecule has 9 heteroatoms. The summed E-state index contributed by atoms with van der Waals surface area (Å²) in [7, 11) is 1.81. The molecule has 0 aliphatic rings. The Kier molecular flexibility index (Phi) is 5.33. The Labute approximate surface area is 205 Å². The molecule has 1 atom stereocenters. The lowest BCUT2D eigenvalue weighted by Gasteiger charge is -2.28. The van der Waals surface area contributed by atoms with Crippen molar-refractivity contribution in [2.75, 3.05) is 0 Å². The van der Waals surface area contributed by atoms with Gasteiger partial charge in [-0.2, -0.15) is 10.5 Å². The van der Waals surface area contributed by atoms with Crippen LogP contribution < -0.4 is 5.73 Å². The molecule has 0 spiro atoms. The predicted molar refractivity (Wildman–Crippen MR) is 131 cm³/mol. The van der Waals surface area contributed by atoms with Crippen molar-refractivity contribution in [1.29, 1.82) is 10.5 Å². The van der Waals surface area contributed by atoms with Crippen molar-refractivity contribution >= 4 is 16.7 Å². The Hall–Kier alpha value is -5.25. The highest BCUT2D eigenvalue weighted by Crippen LogP contribution is 2.41. The van der Waals surface area contributed by atoms with Crippen molar-refractivity contribution in [1.82, 2.24) is 9.55 Å². The predicted octanol–water partition coefficient (Wildman–Crippen LogP) is 4.74. The quantitative estimate of drug-likeness (QED) is 0.286. The van der Waals surface area contributed by atoms with Crippen molar-refractivity contribution in [3.8, 4) is 23.3 Å². The van der Waals surface area contributed by atoms with E-state index in [4.69, 9.17) is 10.2 Å². The molecule has 0 amide bonds. The standard InChI is InChI=1S/C27H18N6O3/c1-32-16-31-15-24(32)27(30,21-7-5-17(13-28)6-8-21)25-11-20-10-22(33(34)35)12-23(26(20)36-25)19-4-2-3-18(9-19)14-29/h2-12,15-16H,30H2,1H3. The van der Waals surface area contributed by atoms with Gasteiger partial charge in [-0.25, -0.2) is 4.98 Å². The van der Waals surface area contributed by atoms with E-state index < -0.39 is 10.5 Å².